The van der Waals surface area contributed by atoms with Gasteiger partial charge in [0.15, 0.2) is 10.9 Å². The van der Waals surface area contributed by atoms with E-state index in [1.807, 2.05) is 42.5 Å². The number of carbonyl (C=O) groups excluding carboxylic acids is 1. The van der Waals surface area contributed by atoms with Crippen molar-refractivity contribution in [1.29, 1.82) is 0 Å². The molecule has 3 aromatic rings. The summed E-state index contributed by atoms with van der Waals surface area (Å²) in [6.45, 7) is 1.38. The van der Waals surface area contributed by atoms with Crippen LogP contribution in [0.5, 0.6) is 5.75 Å². The molecule has 1 N–H and O–H groups in total. The van der Waals surface area contributed by atoms with Gasteiger partial charge in [0, 0.05) is 29.6 Å². The van der Waals surface area contributed by atoms with E-state index in [-0.39, 0.29) is 5.78 Å². The van der Waals surface area contributed by atoms with Crippen LogP contribution in [0.15, 0.2) is 47.8 Å². The summed E-state index contributed by atoms with van der Waals surface area (Å²) in [5, 5.41) is 12.3. The number of fused-ring (bicyclic) bond motifs is 1. The summed E-state index contributed by atoms with van der Waals surface area (Å²) in [6.07, 6.45) is 2.88. The van der Waals surface area contributed by atoms with Gasteiger partial charge in [0.2, 0.25) is 0 Å². The van der Waals surface area contributed by atoms with Gasteiger partial charge in [-0.25, -0.2) is 4.98 Å². The normalized spacial score (nSPS) is 14.1. The van der Waals surface area contributed by atoms with E-state index >= 15 is 0 Å². The number of rotatable bonds is 5. The average Bonchev–Trinajstić information content (AvgIpc) is 3.24. The van der Waals surface area contributed by atoms with Crippen molar-refractivity contribution in [3.05, 3.63) is 64.5 Å². The molecule has 0 unspecified atom stereocenters. The fourth-order valence-corrected chi connectivity index (χ4v) is 4.58. The van der Waals surface area contributed by atoms with Gasteiger partial charge in [-0.2, -0.15) is 0 Å². The number of hydrogen-bond donors (Lipinski definition) is 1. The predicted molar refractivity (Wildman–Crippen MR) is 116 cm³/mol. The maximum atomic E-state index is 11.8. The molecular formula is C23H24N2O3S. The quantitative estimate of drug-likeness (QED) is 0.647. The van der Waals surface area contributed by atoms with Crippen LogP contribution in [0.2, 0.25) is 0 Å². The monoisotopic (exact) mass is 408 g/mol. The molecule has 1 aliphatic heterocycles. The number of ketones is 1. The molecule has 0 saturated heterocycles. The number of aromatic nitrogens is 1. The molecule has 6 heteroatoms. The average molecular weight is 409 g/mol. The van der Waals surface area contributed by atoms with Crippen molar-refractivity contribution in [3.8, 4) is 17.0 Å². The second kappa shape index (κ2) is 8.76. The Morgan fingerprint density at radius 2 is 1.97 bits per heavy atom. The van der Waals surface area contributed by atoms with Crippen LogP contribution in [0.4, 0.5) is 5.13 Å². The maximum Gasteiger partial charge on any atom is 0.188 e. The first-order valence-electron chi connectivity index (χ1n) is 9.78. The van der Waals surface area contributed by atoms with Crippen LogP contribution in [-0.2, 0) is 12.8 Å². The highest BCUT2D eigenvalue weighted by molar-refractivity contribution is 7.14. The molecule has 1 aromatic heterocycles. The first-order chi connectivity index (χ1) is 14.2. The van der Waals surface area contributed by atoms with Gasteiger partial charge in [0.1, 0.15) is 12.4 Å². The lowest BCUT2D eigenvalue weighted by Gasteiger charge is -2.25. The highest BCUT2D eigenvalue weighted by Gasteiger charge is 2.17. The van der Waals surface area contributed by atoms with Crippen LogP contribution < -0.4 is 9.64 Å². The first-order valence-corrected chi connectivity index (χ1v) is 10.7. The zero-order valence-corrected chi connectivity index (χ0v) is 17.2. The number of methoxy groups -OCH3 is 1. The molecule has 0 saturated carbocycles. The molecule has 0 spiro atoms. The number of benzene rings is 2. The van der Waals surface area contributed by atoms with Gasteiger partial charge in [-0.15, -0.1) is 11.3 Å². The number of nitrogens with zero attached hydrogens (tertiary/aromatic N) is 2. The van der Waals surface area contributed by atoms with Crippen molar-refractivity contribution in [1.82, 2.24) is 4.98 Å². The van der Waals surface area contributed by atoms with Crippen LogP contribution in [0.3, 0.4) is 0 Å². The molecule has 2 aromatic carbocycles. The van der Waals surface area contributed by atoms with E-state index in [4.69, 9.17) is 14.8 Å². The lowest BCUT2D eigenvalue weighted by atomic mass is 9.95. The van der Waals surface area contributed by atoms with Gasteiger partial charge in [-0.1, -0.05) is 12.1 Å². The Kier molecular flexibility index (Phi) is 5.92. The molecule has 1 aliphatic rings. The van der Waals surface area contributed by atoms with E-state index in [0.29, 0.717) is 5.56 Å². The van der Waals surface area contributed by atoms with Gasteiger partial charge in [0.05, 0.1) is 12.8 Å². The molecule has 0 atom stereocenters. The highest BCUT2D eigenvalue weighted by atomic mass is 32.1. The molecule has 0 amide bonds. The lowest BCUT2D eigenvalue weighted by Crippen LogP contribution is -2.29. The van der Waals surface area contributed by atoms with E-state index in [1.54, 1.807) is 18.4 Å². The largest absolute Gasteiger partial charge is 0.497 e. The summed E-state index contributed by atoms with van der Waals surface area (Å²) in [6, 6.07) is 13.8. The van der Waals surface area contributed by atoms with Gasteiger partial charge < -0.3 is 14.7 Å². The van der Waals surface area contributed by atoms with E-state index in [1.165, 1.54) is 11.1 Å². The van der Waals surface area contributed by atoms with E-state index in [9.17, 15) is 4.79 Å². The minimum atomic E-state index is -0.446. The van der Waals surface area contributed by atoms with Crippen molar-refractivity contribution in [3.63, 3.8) is 0 Å². The number of thiazole rings is 1. The third-order valence-electron chi connectivity index (χ3n) is 5.35. The van der Waals surface area contributed by atoms with Crippen molar-refractivity contribution in [2.75, 3.05) is 31.7 Å². The maximum absolute atomic E-state index is 11.8. The Morgan fingerprint density at radius 3 is 2.72 bits per heavy atom. The van der Waals surface area contributed by atoms with Crippen LogP contribution in [-0.4, -0.2) is 42.7 Å². The molecule has 5 nitrogen and oxygen atoms in total. The zero-order valence-electron chi connectivity index (χ0n) is 16.4. The molecule has 0 fully saturated rings. The Morgan fingerprint density at radius 1 is 1.14 bits per heavy atom. The molecule has 0 bridgehead atoms. The van der Waals surface area contributed by atoms with Crippen LogP contribution >= 0.6 is 11.3 Å². The molecule has 29 heavy (non-hydrogen) atoms. The number of carbonyl (C=O) groups is 1. The van der Waals surface area contributed by atoms with Crippen LogP contribution in [0.1, 0.15) is 27.9 Å². The number of Topliss-reactive ketones (excluding diaryl/α,β-unsaturated/α-hetero) is 1. The zero-order chi connectivity index (χ0) is 20.2. The van der Waals surface area contributed by atoms with Crippen molar-refractivity contribution < 1.29 is 14.6 Å². The Hall–Kier alpha value is -2.70. The number of hydrogen-bond acceptors (Lipinski definition) is 6. The minimum Gasteiger partial charge on any atom is -0.497 e. The smallest absolute Gasteiger partial charge is 0.188 e. The standard InChI is InChI=1S/C23H24N2O3S/c1-28-20-8-6-17(7-9-20)21-15-29-23(24-21)25-11-2-3-16-4-5-19(22(27)14-26)13-18(16)10-12-25/h4-9,13,15,26H,2-3,10-12,14H2,1H3. The van der Waals surface area contributed by atoms with E-state index in [2.05, 4.69) is 10.3 Å². The number of aliphatic hydroxyl groups excluding tert-OH is 1. The number of ether oxygens (including phenoxy) is 1. The molecule has 4 rings (SSSR count). The van der Waals surface area contributed by atoms with E-state index < -0.39 is 6.61 Å². The lowest BCUT2D eigenvalue weighted by molar-refractivity contribution is 0.0903. The Labute approximate surface area is 174 Å². The molecule has 2 heterocycles. The third kappa shape index (κ3) is 4.33. The first kappa shape index (κ1) is 19.6. The van der Waals surface area contributed by atoms with Gasteiger partial charge in [0.25, 0.3) is 0 Å². The second-order valence-corrected chi connectivity index (χ2v) is 7.99. The van der Waals surface area contributed by atoms with Gasteiger partial charge >= 0.3 is 0 Å². The van der Waals surface area contributed by atoms with E-state index in [0.717, 1.165) is 54.5 Å². The molecule has 0 aliphatic carbocycles. The minimum absolute atomic E-state index is 0.226. The SMILES string of the molecule is COc1ccc(-c2csc(N3CCCc4ccc(C(=O)CO)cc4CC3)n2)cc1. The van der Waals surface area contributed by atoms with Crippen molar-refractivity contribution in [2.24, 2.45) is 0 Å². The summed E-state index contributed by atoms with van der Waals surface area (Å²) in [7, 11) is 1.67. The summed E-state index contributed by atoms with van der Waals surface area (Å²) >= 11 is 1.67. The van der Waals surface area contributed by atoms with Crippen LogP contribution in [0.25, 0.3) is 11.3 Å². The van der Waals surface area contributed by atoms with Gasteiger partial charge in [-0.05, 0) is 60.7 Å². The van der Waals surface area contributed by atoms with Crippen molar-refractivity contribution in [2.45, 2.75) is 19.3 Å². The topological polar surface area (TPSA) is 62.7 Å². The number of aryl methyl sites for hydroxylation is 1. The Bertz CT molecular complexity index is 998. The molecule has 0 radical (unpaired) electrons. The van der Waals surface area contributed by atoms with Crippen molar-refractivity contribution >= 4 is 22.3 Å². The summed E-state index contributed by atoms with van der Waals surface area (Å²) < 4.78 is 5.23. The van der Waals surface area contributed by atoms with Gasteiger partial charge in [-0.3, -0.25) is 4.79 Å². The molecular weight excluding hydrogens is 384 g/mol. The fraction of sp³-hybridized carbons (Fsp3) is 0.304. The number of aliphatic hydroxyl groups is 1. The fourth-order valence-electron chi connectivity index (χ4n) is 3.69. The second-order valence-electron chi connectivity index (χ2n) is 7.15. The predicted octanol–water partition coefficient (Wildman–Crippen LogP) is 3.99. The third-order valence-corrected chi connectivity index (χ3v) is 6.25. The number of anilines is 1. The Balaban J connectivity index is 1.51. The van der Waals surface area contributed by atoms with Crippen LogP contribution in [0, 0.1) is 0 Å². The summed E-state index contributed by atoms with van der Waals surface area (Å²) in [4.78, 5) is 19.0. The molecule has 150 valence electrons. The summed E-state index contributed by atoms with van der Waals surface area (Å²) in [5.74, 6) is 0.612. The summed E-state index contributed by atoms with van der Waals surface area (Å²) in [5.41, 5.74) is 5.15. The highest BCUT2D eigenvalue weighted by Crippen LogP contribution is 2.30.